The van der Waals surface area contributed by atoms with Crippen LogP contribution in [0.2, 0.25) is 0 Å². The van der Waals surface area contributed by atoms with Gasteiger partial charge in [-0.2, -0.15) is 0 Å². The highest BCUT2D eigenvalue weighted by Crippen LogP contribution is 2.09. The quantitative estimate of drug-likeness (QED) is 0.600. The lowest BCUT2D eigenvalue weighted by Crippen LogP contribution is -2.13. The second-order valence-corrected chi connectivity index (χ2v) is 2.77. The summed E-state index contributed by atoms with van der Waals surface area (Å²) >= 11 is 0. The van der Waals surface area contributed by atoms with Crippen molar-refractivity contribution in [1.29, 1.82) is 0 Å². The summed E-state index contributed by atoms with van der Waals surface area (Å²) in [6.45, 7) is 1.48. The van der Waals surface area contributed by atoms with E-state index in [4.69, 9.17) is 5.73 Å². The zero-order chi connectivity index (χ0) is 10.6. The standard InChI is InChI=1S/C8H12N4O2/c1-5(13)12-8-10-3-6(4-11-8)7(14)2-9/h3-4,7,14H,2,9H2,1H3,(H,10,11,12,13). The molecule has 6 heteroatoms. The number of nitrogens with two attached hydrogens (primary N) is 1. The number of hydrogen-bond acceptors (Lipinski definition) is 5. The number of aromatic nitrogens is 2. The molecule has 0 spiro atoms. The summed E-state index contributed by atoms with van der Waals surface area (Å²) in [6, 6.07) is 0. The third kappa shape index (κ3) is 2.75. The predicted molar refractivity (Wildman–Crippen MR) is 50.3 cm³/mol. The highest BCUT2D eigenvalue weighted by Gasteiger charge is 2.06. The topological polar surface area (TPSA) is 101 Å². The second kappa shape index (κ2) is 4.64. The largest absolute Gasteiger partial charge is 0.387 e. The van der Waals surface area contributed by atoms with Crippen molar-refractivity contribution in [1.82, 2.24) is 9.97 Å². The number of rotatable bonds is 3. The van der Waals surface area contributed by atoms with Crippen molar-refractivity contribution in [2.24, 2.45) is 5.73 Å². The molecule has 4 N–H and O–H groups in total. The lowest BCUT2D eigenvalue weighted by molar-refractivity contribution is -0.114. The molecule has 0 aliphatic carbocycles. The Kier molecular flexibility index (Phi) is 3.49. The summed E-state index contributed by atoms with van der Waals surface area (Å²) < 4.78 is 0. The predicted octanol–water partition coefficient (Wildman–Crippen LogP) is -0.573. The maximum absolute atomic E-state index is 10.6. The minimum absolute atomic E-state index is 0.114. The van der Waals surface area contributed by atoms with E-state index in [1.807, 2.05) is 0 Å². The number of aliphatic hydroxyl groups is 1. The van der Waals surface area contributed by atoms with Crippen LogP contribution < -0.4 is 11.1 Å². The SMILES string of the molecule is CC(=O)Nc1ncc(C(O)CN)cn1. The van der Waals surface area contributed by atoms with Gasteiger partial charge in [0.1, 0.15) is 0 Å². The molecular formula is C8H12N4O2. The maximum Gasteiger partial charge on any atom is 0.229 e. The van der Waals surface area contributed by atoms with Gasteiger partial charge < -0.3 is 10.8 Å². The van der Waals surface area contributed by atoms with Gasteiger partial charge in [-0.25, -0.2) is 9.97 Å². The Bertz CT molecular complexity index is 312. The molecule has 1 aromatic rings. The van der Waals surface area contributed by atoms with Crippen LogP contribution in [0.5, 0.6) is 0 Å². The van der Waals surface area contributed by atoms with E-state index in [9.17, 15) is 9.90 Å². The van der Waals surface area contributed by atoms with Gasteiger partial charge in [0.05, 0.1) is 6.10 Å². The fourth-order valence-corrected chi connectivity index (χ4v) is 0.868. The van der Waals surface area contributed by atoms with Gasteiger partial charge in [0.25, 0.3) is 0 Å². The molecule has 0 radical (unpaired) electrons. The molecule has 1 rings (SSSR count). The van der Waals surface area contributed by atoms with E-state index in [0.29, 0.717) is 5.56 Å². The Labute approximate surface area is 81.2 Å². The molecule has 1 amide bonds. The monoisotopic (exact) mass is 196 g/mol. The van der Waals surface area contributed by atoms with E-state index in [1.54, 1.807) is 0 Å². The van der Waals surface area contributed by atoms with Crippen LogP contribution in [0.25, 0.3) is 0 Å². The number of carbonyl (C=O) groups is 1. The summed E-state index contributed by atoms with van der Waals surface area (Å²) in [5.74, 6) is -0.0254. The molecule has 1 unspecified atom stereocenters. The first-order chi connectivity index (χ1) is 6.63. The van der Waals surface area contributed by atoms with Crippen molar-refractivity contribution in [3.05, 3.63) is 18.0 Å². The number of nitrogens with one attached hydrogen (secondary N) is 1. The number of amides is 1. The summed E-state index contributed by atoms with van der Waals surface area (Å²) in [7, 11) is 0. The third-order valence-corrected chi connectivity index (χ3v) is 1.57. The summed E-state index contributed by atoms with van der Waals surface area (Å²) in [5.41, 5.74) is 5.78. The summed E-state index contributed by atoms with van der Waals surface area (Å²) in [4.78, 5) is 18.3. The van der Waals surface area contributed by atoms with Crippen LogP contribution in [0.4, 0.5) is 5.95 Å². The van der Waals surface area contributed by atoms with E-state index >= 15 is 0 Å². The Morgan fingerprint density at radius 1 is 1.64 bits per heavy atom. The molecule has 1 atom stereocenters. The molecule has 0 bridgehead atoms. The molecule has 0 aliphatic heterocycles. The maximum atomic E-state index is 10.6. The lowest BCUT2D eigenvalue weighted by Gasteiger charge is -2.07. The second-order valence-electron chi connectivity index (χ2n) is 2.77. The minimum atomic E-state index is -0.763. The van der Waals surface area contributed by atoms with E-state index in [0.717, 1.165) is 0 Å². The first-order valence-electron chi connectivity index (χ1n) is 4.11. The smallest absolute Gasteiger partial charge is 0.229 e. The van der Waals surface area contributed by atoms with Crippen LogP contribution >= 0.6 is 0 Å². The molecule has 6 nitrogen and oxygen atoms in total. The van der Waals surface area contributed by atoms with Crippen molar-refractivity contribution < 1.29 is 9.90 Å². The first kappa shape index (κ1) is 10.6. The molecule has 1 heterocycles. The van der Waals surface area contributed by atoms with Gasteiger partial charge in [0, 0.05) is 31.4 Å². The Morgan fingerprint density at radius 2 is 2.21 bits per heavy atom. The normalized spacial score (nSPS) is 12.2. The fraction of sp³-hybridized carbons (Fsp3) is 0.375. The highest BCUT2D eigenvalue weighted by molar-refractivity contribution is 5.86. The van der Waals surface area contributed by atoms with Crippen LogP contribution in [0, 0.1) is 0 Å². The molecule has 1 aromatic heterocycles. The summed E-state index contributed by atoms with van der Waals surface area (Å²) in [5, 5.41) is 11.7. The molecular weight excluding hydrogens is 184 g/mol. The Hall–Kier alpha value is -1.53. The number of nitrogens with zero attached hydrogens (tertiary/aromatic N) is 2. The average Bonchev–Trinajstić information content (AvgIpc) is 2.17. The number of carbonyl (C=O) groups excluding carboxylic acids is 1. The average molecular weight is 196 g/mol. The van der Waals surface area contributed by atoms with Crippen molar-refractivity contribution in [2.45, 2.75) is 13.0 Å². The van der Waals surface area contributed by atoms with Gasteiger partial charge in [0.2, 0.25) is 11.9 Å². The van der Waals surface area contributed by atoms with Crippen molar-refractivity contribution in [2.75, 3.05) is 11.9 Å². The van der Waals surface area contributed by atoms with Crippen LogP contribution in [0.15, 0.2) is 12.4 Å². The Balaban J connectivity index is 2.73. The van der Waals surface area contributed by atoms with Crippen molar-refractivity contribution in [3.63, 3.8) is 0 Å². The van der Waals surface area contributed by atoms with E-state index in [1.165, 1.54) is 19.3 Å². The van der Waals surface area contributed by atoms with Crippen molar-refractivity contribution in [3.8, 4) is 0 Å². The molecule has 0 aromatic carbocycles. The van der Waals surface area contributed by atoms with Crippen LogP contribution in [0.1, 0.15) is 18.6 Å². The van der Waals surface area contributed by atoms with E-state index in [2.05, 4.69) is 15.3 Å². The highest BCUT2D eigenvalue weighted by atomic mass is 16.3. The third-order valence-electron chi connectivity index (χ3n) is 1.57. The molecule has 0 saturated heterocycles. The lowest BCUT2D eigenvalue weighted by atomic mass is 10.2. The van der Waals surface area contributed by atoms with Crippen LogP contribution in [0.3, 0.4) is 0 Å². The van der Waals surface area contributed by atoms with Gasteiger partial charge in [-0.05, 0) is 0 Å². The number of anilines is 1. The van der Waals surface area contributed by atoms with Gasteiger partial charge in [-0.3, -0.25) is 10.1 Å². The van der Waals surface area contributed by atoms with E-state index < -0.39 is 6.10 Å². The number of aliphatic hydroxyl groups excluding tert-OH is 1. The van der Waals surface area contributed by atoms with Crippen molar-refractivity contribution >= 4 is 11.9 Å². The molecule has 14 heavy (non-hydrogen) atoms. The molecule has 76 valence electrons. The molecule has 0 aliphatic rings. The molecule has 0 saturated carbocycles. The zero-order valence-corrected chi connectivity index (χ0v) is 7.77. The fourth-order valence-electron chi connectivity index (χ4n) is 0.868. The van der Waals surface area contributed by atoms with Gasteiger partial charge in [0.15, 0.2) is 0 Å². The van der Waals surface area contributed by atoms with Gasteiger partial charge in [-0.15, -0.1) is 0 Å². The van der Waals surface area contributed by atoms with Crippen LogP contribution in [-0.4, -0.2) is 27.5 Å². The summed E-state index contributed by atoms with van der Waals surface area (Å²) in [6.07, 6.45) is 2.09. The van der Waals surface area contributed by atoms with Crippen LogP contribution in [-0.2, 0) is 4.79 Å². The minimum Gasteiger partial charge on any atom is -0.387 e. The molecule has 0 fully saturated rings. The first-order valence-corrected chi connectivity index (χ1v) is 4.11. The van der Waals surface area contributed by atoms with Gasteiger partial charge in [-0.1, -0.05) is 0 Å². The Morgan fingerprint density at radius 3 is 2.64 bits per heavy atom. The number of hydrogen-bond donors (Lipinski definition) is 3. The zero-order valence-electron chi connectivity index (χ0n) is 7.77. The van der Waals surface area contributed by atoms with E-state index in [-0.39, 0.29) is 18.4 Å². The van der Waals surface area contributed by atoms with Gasteiger partial charge >= 0.3 is 0 Å².